The van der Waals surface area contributed by atoms with Crippen LogP contribution in [0.15, 0.2) is 36.4 Å². The molecule has 3 aromatic rings. The number of hydrogen-bond donors (Lipinski definition) is 2. The molecule has 1 aliphatic heterocycles. The van der Waals surface area contributed by atoms with Crippen molar-refractivity contribution >= 4 is 34.1 Å². The molecule has 200 valence electrons. The summed E-state index contributed by atoms with van der Waals surface area (Å²) in [6.07, 6.45) is -3.51. The van der Waals surface area contributed by atoms with E-state index in [4.69, 9.17) is 4.74 Å². The number of alkyl halides is 3. The van der Waals surface area contributed by atoms with Crippen molar-refractivity contribution in [3.05, 3.63) is 69.0 Å². The number of fused-ring (bicyclic) bond motifs is 1. The largest absolute Gasteiger partial charge is 0.496 e. The minimum Gasteiger partial charge on any atom is -0.496 e. The second-order valence-electron chi connectivity index (χ2n) is 8.83. The highest BCUT2D eigenvalue weighted by atomic mass is 19.4. The van der Waals surface area contributed by atoms with Gasteiger partial charge in [-0.2, -0.15) is 13.2 Å². The number of nitrogens with zero attached hydrogens (tertiary/aromatic N) is 4. The van der Waals surface area contributed by atoms with Crippen LogP contribution in [-0.4, -0.2) is 51.2 Å². The smallest absolute Gasteiger partial charge is 0.416 e. The number of nitrogens with one attached hydrogen (secondary N) is 1. The van der Waals surface area contributed by atoms with E-state index in [9.17, 15) is 33.2 Å². The third-order valence-corrected chi connectivity index (χ3v) is 6.29. The Morgan fingerprint density at radius 2 is 1.97 bits per heavy atom. The van der Waals surface area contributed by atoms with Crippen LogP contribution in [0.4, 0.5) is 29.5 Å². The zero-order chi connectivity index (χ0) is 27.8. The summed E-state index contributed by atoms with van der Waals surface area (Å²) in [6, 6.07) is 5.20. The molecule has 38 heavy (non-hydrogen) atoms. The molecule has 0 aliphatic carbocycles. The maximum Gasteiger partial charge on any atom is 0.416 e. The zero-order valence-electron chi connectivity index (χ0n) is 20.7. The van der Waals surface area contributed by atoms with Crippen molar-refractivity contribution in [1.82, 2.24) is 14.9 Å². The van der Waals surface area contributed by atoms with Gasteiger partial charge in [-0.1, -0.05) is 6.08 Å². The van der Waals surface area contributed by atoms with E-state index in [2.05, 4.69) is 15.3 Å². The van der Waals surface area contributed by atoms with Crippen LogP contribution in [0.25, 0.3) is 16.5 Å². The van der Waals surface area contributed by atoms with E-state index in [1.807, 2.05) is 0 Å². The third-order valence-electron chi connectivity index (χ3n) is 6.29. The van der Waals surface area contributed by atoms with Gasteiger partial charge in [-0.15, -0.1) is 0 Å². The Bertz CT molecular complexity index is 1460. The highest BCUT2D eigenvalue weighted by Gasteiger charge is 2.33. The van der Waals surface area contributed by atoms with Gasteiger partial charge in [-0.3, -0.25) is 10.1 Å². The van der Waals surface area contributed by atoms with E-state index in [1.54, 1.807) is 32.1 Å². The second-order valence-corrected chi connectivity index (χ2v) is 8.83. The number of non-ortho nitro benzene ring substituents is 1. The third kappa shape index (κ3) is 5.45. The highest BCUT2D eigenvalue weighted by molar-refractivity contribution is 5.94. The summed E-state index contributed by atoms with van der Waals surface area (Å²) in [5, 5.41) is 24.2. The lowest BCUT2D eigenvalue weighted by Crippen LogP contribution is -2.33. The molecule has 0 spiro atoms. The van der Waals surface area contributed by atoms with Gasteiger partial charge in [-0.05, 0) is 43.5 Å². The number of hydrogen-bond acceptors (Lipinski definition) is 7. The Kier molecular flexibility index (Phi) is 7.11. The fourth-order valence-corrected chi connectivity index (χ4v) is 4.33. The van der Waals surface area contributed by atoms with Gasteiger partial charge in [0.15, 0.2) is 0 Å². The summed E-state index contributed by atoms with van der Waals surface area (Å²) >= 11 is 0. The number of rotatable bonds is 6. The summed E-state index contributed by atoms with van der Waals surface area (Å²) in [5.41, 5.74) is 0.377. The Morgan fingerprint density at radius 1 is 1.24 bits per heavy atom. The number of anilines is 1. The van der Waals surface area contributed by atoms with Crippen LogP contribution >= 0.6 is 0 Å². The monoisotopic (exact) mass is 531 g/mol. The first-order valence-electron chi connectivity index (χ1n) is 11.5. The van der Waals surface area contributed by atoms with Gasteiger partial charge in [0.25, 0.3) is 5.69 Å². The second kappa shape index (κ2) is 10.1. The van der Waals surface area contributed by atoms with Crippen molar-refractivity contribution in [1.29, 1.82) is 0 Å². The van der Waals surface area contributed by atoms with Crippen molar-refractivity contribution in [2.75, 3.05) is 25.5 Å². The number of carbonyl (C=O) groups is 1. The Hall–Kier alpha value is -4.42. The number of halogens is 3. The molecule has 4 rings (SSSR count). The molecule has 0 bridgehead atoms. The van der Waals surface area contributed by atoms with Crippen LogP contribution in [0.2, 0.25) is 0 Å². The van der Waals surface area contributed by atoms with E-state index in [-0.39, 0.29) is 12.1 Å². The molecule has 2 heterocycles. The van der Waals surface area contributed by atoms with Crippen LogP contribution in [0.1, 0.15) is 41.9 Å². The number of nitro groups is 1. The summed E-state index contributed by atoms with van der Waals surface area (Å²) in [6.45, 7) is 3.77. The molecule has 1 atom stereocenters. The lowest BCUT2D eigenvalue weighted by Gasteiger charge is -2.25. The molecule has 0 saturated carbocycles. The number of benzene rings is 2. The Labute approximate surface area is 214 Å². The molecule has 2 N–H and O–H groups in total. The average molecular weight is 531 g/mol. The van der Waals surface area contributed by atoms with Gasteiger partial charge in [0.2, 0.25) is 0 Å². The molecule has 0 radical (unpaired) electrons. The first-order valence-corrected chi connectivity index (χ1v) is 11.5. The minimum absolute atomic E-state index is 0.0634. The predicted octanol–water partition coefficient (Wildman–Crippen LogP) is 5.81. The van der Waals surface area contributed by atoms with Crippen molar-refractivity contribution in [2.45, 2.75) is 32.5 Å². The van der Waals surface area contributed by atoms with E-state index in [0.29, 0.717) is 52.9 Å². The van der Waals surface area contributed by atoms with Crippen LogP contribution in [-0.2, 0) is 6.18 Å². The number of nitro benzene ring substituents is 1. The molecule has 0 fully saturated rings. The molecular formula is C25H24F3N5O5. The molecule has 10 nitrogen and oxygen atoms in total. The Balaban J connectivity index is 1.77. The van der Waals surface area contributed by atoms with Gasteiger partial charge in [-0.25, -0.2) is 14.8 Å². The average Bonchev–Trinajstić information content (AvgIpc) is 2.87. The molecule has 0 unspecified atom stereocenters. The summed E-state index contributed by atoms with van der Waals surface area (Å²) in [7, 11) is 1.51. The topological polar surface area (TPSA) is 131 Å². The standard InChI is InChI=1S/C25H24F3N5O5/c1-13(16-8-17(25(26,27)28)10-18(9-16)33(36)37)29-23-20-11-19(15-4-6-32(7-5-15)24(34)35)22(38-3)12-21(20)30-14(2)31-23/h4,8-13H,5-7H2,1-3H3,(H,34,35)(H,29,30,31)/t13-/m1/s1. The molecule has 1 aliphatic rings. The molecule has 0 saturated heterocycles. The molecule has 13 heteroatoms. The van der Waals surface area contributed by atoms with Gasteiger partial charge >= 0.3 is 12.3 Å². The van der Waals surface area contributed by atoms with E-state index in [0.717, 1.165) is 17.7 Å². The zero-order valence-corrected chi connectivity index (χ0v) is 20.7. The molecule has 1 amide bonds. The molecule has 2 aromatic carbocycles. The van der Waals surface area contributed by atoms with Gasteiger partial charge in [0.05, 0.1) is 29.2 Å². The van der Waals surface area contributed by atoms with Gasteiger partial charge < -0.3 is 20.1 Å². The lowest BCUT2D eigenvalue weighted by molar-refractivity contribution is -0.385. The Morgan fingerprint density at radius 3 is 2.55 bits per heavy atom. The minimum atomic E-state index is -4.76. The number of aromatic nitrogens is 2. The van der Waals surface area contributed by atoms with Crippen molar-refractivity contribution in [2.24, 2.45) is 0 Å². The normalized spacial score (nSPS) is 14.7. The molecular weight excluding hydrogens is 507 g/mol. The van der Waals surface area contributed by atoms with Crippen LogP contribution in [0.5, 0.6) is 5.75 Å². The fourth-order valence-electron chi connectivity index (χ4n) is 4.33. The number of carboxylic acid groups (broad SMARTS) is 1. The maximum absolute atomic E-state index is 13.4. The maximum atomic E-state index is 13.4. The lowest BCUT2D eigenvalue weighted by atomic mass is 9.96. The predicted molar refractivity (Wildman–Crippen MR) is 133 cm³/mol. The quantitative estimate of drug-likeness (QED) is 0.301. The highest BCUT2D eigenvalue weighted by Crippen LogP contribution is 2.38. The first kappa shape index (κ1) is 26.6. The van der Waals surface area contributed by atoms with E-state index < -0.39 is 34.5 Å². The summed E-state index contributed by atoms with van der Waals surface area (Å²) < 4.78 is 45.8. The number of aryl methyl sites for hydroxylation is 1. The van der Waals surface area contributed by atoms with Gasteiger partial charge in [0, 0.05) is 42.2 Å². The SMILES string of the molecule is COc1cc2nc(C)nc(N[C@H](C)c3cc([N+](=O)[O-])cc(C(F)(F)F)c3)c2cc1C1=CCN(C(=O)O)CC1. The van der Waals surface area contributed by atoms with Crippen molar-refractivity contribution in [3.8, 4) is 5.75 Å². The van der Waals surface area contributed by atoms with E-state index >= 15 is 0 Å². The fraction of sp³-hybridized carbons (Fsp3) is 0.320. The van der Waals surface area contributed by atoms with Crippen LogP contribution < -0.4 is 10.1 Å². The first-order chi connectivity index (χ1) is 17.9. The molecule has 1 aromatic heterocycles. The van der Waals surface area contributed by atoms with Crippen LogP contribution in [0.3, 0.4) is 0 Å². The van der Waals surface area contributed by atoms with E-state index in [1.165, 1.54) is 12.0 Å². The van der Waals surface area contributed by atoms with Crippen LogP contribution in [0, 0.1) is 17.0 Å². The number of amides is 1. The number of ether oxygens (including phenoxy) is 1. The van der Waals surface area contributed by atoms with Gasteiger partial charge in [0.1, 0.15) is 17.4 Å². The summed E-state index contributed by atoms with van der Waals surface area (Å²) in [4.78, 5) is 31.9. The number of methoxy groups -OCH3 is 1. The summed E-state index contributed by atoms with van der Waals surface area (Å²) in [5.74, 6) is 1.25. The van der Waals surface area contributed by atoms with Crippen molar-refractivity contribution < 1.29 is 32.7 Å². The van der Waals surface area contributed by atoms with Crippen molar-refractivity contribution in [3.63, 3.8) is 0 Å².